The molecule has 0 fully saturated rings. The summed E-state index contributed by atoms with van der Waals surface area (Å²) in [4.78, 5) is 23.8. The van der Waals surface area contributed by atoms with Crippen LogP contribution in [0.4, 0.5) is 0 Å². The van der Waals surface area contributed by atoms with Gasteiger partial charge in [-0.15, -0.1) is 0 Å². The van der Waals surface area contributed by atoms with Crippen molar-refractivity contribution in [1.82, 2.24) is 0 Å². The van der Waals surface area contributed by atoms with E-state index in [0.717, 1.165) is 22.3 Å². The predicted octanol–water partition coefficient (Wildman–Crippen LogP) is 4.05. The Morgan fingerprint density at radius 3 is 2.26 bits per heavy atom. The number of hydrogen-bond acceptors (Lipinski definition) is 3. The molecule has 0 spiro atoms. The third-order valence-corrected chi connectivity index (χ3v) is 3.52. The normalized spacial score (nSPS) is 10.7. The fourth-order valence-electron chi connectivity index (χ4n) is 2.23. The lowest BCUT2D eigenvalue weighted by Crippen LogP contribution is -2.13. The van der Waals surface area contributed by atoms with E-state index in [2.05, 4.69) is 0 Å². The number of ketones is 1. The zero-order chi connectivity index (χ0) is 16.8. The third-order valence-electron chi connectivity index (χ3n) is 3.52. The van der Waals surface area contributed by atoms with Crippen molar-refractivity contribution in [3.05, 3.63) is 76.4 Å². The average Bonchev–Trinajstić information content (AvgIpc) is 2.52. The zero-order valence-corrected chi connectivity index (χ0v) is 13.6. The summed E-state index contributed by atoms with van der Waals surface area (Å²) < 4.78 is 5.01. The van der Waals surface area contributed by atoms with E-state index in [9.17, 15) is 9.59 Å². The van der Waals surface area contributed by atoms with Crippen molar-refractivity contribution in [2.45, 2.75) is 20.8 Å². The molecule has 0 N–H and O–H groups in total. The number of benzene rings is 2. The highest BCUT2D eigenvalue weighted by Gasteiger charge is 2.11. The Morgan fingerprint density at radius 2 is 1.61 bits per heavy atom. The van der Waals surface area contributed by atoms with Crippen LogP contribution in [0.1, 0.15) is 32.6 Å². The fraction of sp³-hybridized carbons (Fsp3) is 0.200. The second kappa shape index (κ2) is 7.54. The van der Waals surface area contributed by atoms with Gasteiger partial charge in [-0.05, 0) is 38.0 Å². The zero-order valence-electron chi connectivity index (χ0n) is 13.6. The molecule has 0 aliphatic heterocycles. The van der Waals surface area contributed by atoms with E-state index in [4.69, 9.17) is 4.74 Å². The molecule has 3 heteroatoms. The molecule has 0 amide bonds. The summed E-state index contributed by atoms with van der Waals surface area (Å²) in [6.45, 7) is 5.60. The first-order valence-corrected chi connectivity index (χ1v) is 7.47. The van der Waals surface area contributed by atoms with Crippen molar-refractivity contribution in [3.63, 3.8) is 0 Å². The van der Waals surface area contributed by atoms with Gasteiger partial charge >= 0.3 is 5.97 Å². The van der Waals surface area contributed by atoms with Crippen LogP contribution in [0.15, 0.2) is 48.5 Å². The van der Waals surface area contributed by atoms with Crippen LogP contribution >= 0.6 is 0 Å². The quantitative estimate of drug-likeness (QED) is 0.475. The van der Waals surface area contributed by atoms with Gasteiger partial charge < -0.3 is 4.74 Å². The van der Waals surface area contributed by atoms with Crippen LogP contribution in [-0.2, 0) is 9.53 Å². The van der Waals surface area contributed by atoms with Crippen molar-refractivity contribution >= 4 is 17.8 Å². The lowest BCUT2D eigenvalue weighted by Gasteiger charge is -2.06. The maximum Gasteiger partial charge on any atom is 0.331 e. The Morgan fingerprint density at radius 1 is 0.957 bits per heavy atom. The van der Waals surface area contributed by atoms with Gasteiger partial charge in [-0.1, -0.05) is 53.6 Å². The lowest BCUT2D eigenvalue weighted by molar-refractivity contribution is -0.136. The molecular weight excluding hydrogens is 288 g/mol. The standard InChI is InChI=1S/C20H20O3/c1-14-4-7-17(8-5-14)9-11-20(22)23-13-19(21)18-10-6-15(2)12-16(18)3/h4-12H,13H2,1-3H3/b11-9+. The van der Waals surface area contributed by atoms with Gasteiger partial charge in [-0.25, -0.2) is 4.79 Å². The number of carbonyl (C=O) groups is 2. The molecule has 0 aliphatic rings. The van der Waals surface area contributed by atoms with Crippen molar-refractivity contribution in [2.24, 2.45) is 0 Å². The van der Waals surface area contributed by atoms with Gasteiger partial charge in [0.1, 0.15) is 0 Å². The molecule has 2 aromatic carbocycles. The van der Waals surface area contributed by atoms with Crippen molar-refractivity contribution in [2.75, 3.05) is 6.61 Å². The van der Waals surface area contributed by atoms with Crippen LogP contribution < -0.4 is 0 Å². The molecule has 0 bridgehead atoms. The molecule has 118 valence electrons. The van der Waals surface area contributed by atoms with Crippen LogP contribution in [0.25, 0.3) is 6.08 Å². The highest BCUT2D eigenvalue weighted by Crippen LogP contribution is 2.11. The molecule has 23 heavy (non-hydrogen) atoms. The molecule has 2 aromatic rings. The first-order valence-electron chi connectivity index (χ1n) is 7.47. The van der Waals surface area contributed by atoms with E-state index in [1.54, 1.807) is 12.1 Å². The molecule has 3 nitrogen and oxygen atoms in total. The molecule has 2 rings (SSSR count). The fourth-order valence-corrected chi connectivity index (χ4v) is 2.23. The second-order valence-corrected chi connectivity index (χ2v) is 5.59. The van der Waals surface area contributed by atoms with Gasteiger partial charge in [0.25, 0.3) is 0 Å². The van der Waals surface area contributed by atoms with Gasteiger partial charge in [-0.2, -0.15) is 0 Å². The van der Waals surface area contributed by atoms with E-state index in [1.807, 2.05) is 57.2 Å². The number of esters is 1. The van der Waals surface area contributed by atoms with E-state index >= 15 is 0 Å². The van der Waals surface area contributed by atoms with Gasteiger partial charge in [0, 0.05) is 11.6 Å². The molecule has 0 atom stereocenters. The van der Waals surface area contributed by atoms with Crippen LogP contribution in [0.2, 0.25) is 0 Å². The summed E-state index contributed by atoms with van der Waals surface area (Å²) in [7, 11) is 0. The maximum absolute atomic E-state index is 12.1. The first kappa shape index (κ1) is 16.7. The molecule has 0 heterocycles. The number of ether oxygens (including phenoxy) is 1. The van der Waals surface area contributed by atoms with Gasteiger partial charge in [0.2, 0.25) is 5.78 Å². The molecule has 0 saturated carbocycles. The number of aryl methyl sites for hydroxylation is 3. The summed E-state index contributed by atoms with van der Waals surface area (Å²) in [6.07, 6.45) is 3.00. The van der Waals surface area contributed by atoms with Gasteiger partial charge in [0.05, 0.1) is 0 Å². The molecular formula is C20H20O3. The van der Waals surface area contributed by atoms with Crippen molar-refractivity contribution in [1.29, 1.82) is 0 Å². The number of Topliss-reactive ketones (excluding diaryl/α,β-unsaturated/α-hetero) is 1. The van der Waals surface area contributed by atoms with Gasteiger partial charge in [-0.3, -0.25) is 4.79 Å². The minimum absolute atomic E-state index is 0.195. The Labute approximate surface area is 136 Å². The van der Waals surface area contributed by atoms with Crippen molar-refractivity contribution < 1.29 is 14.3 Å². The summed E-state index contributed by atoms with van der Waals surface area (Å²) >= 11 is 0. The summed E-state index contributed by atoms with van der Waals surface area (Å²) in [5.74, 6) is -0.719. The third kappa shape index (κ3) is 4.92. The first-order chi connectivity index (χ1) is 11.0. The van der Waals surface area contributed by atoms with Crippen LogP contribution in [-0.4, -0.2) is 18.4 Å². The molecule has 0 saturated heterocycles. The Balaban J connectivity index is 1.91. The minimum Gasteiger partial charge on any atom is -0.454 e. The van der Waals surface area contributed by atoms with E-state index in [-0.39, 0.29) is 12.4 Å². The highest BCUT2D eigenvalue weighted by atomic mass is 16.5. The number of carbonyl (C=O) groups excluding carboxylic acids is 2. The van der Waals surface area contributed by atoms with Crippen molar-refractivity contribution in [3.8, 4) is 0 Å². The molecule has 0 radical (unpaired) electrons. The van der Waals surface area contributed by atoms with Crippen LogP contribution in [0, 0.1) is 20.8 Å². The summed E-state index contributed by atoms with van der Waals surface area (Å²) in [5.41, 5.74) is 4.64. The summed E-state index contributed by atoms with van der Waals surface area (Å²) in [6, 6.07) is 13.3. The van der Waals surface area contributed by atoms with Crippen LogP contribution in [0.3, 0.4) is 0 Å². The molecule has 0 aliphatic carbocycles. The SMILES string of the molecule is Cc1ccc(/C=C/C(=O)OCC(=O)c2ccc(C)cc2C)cc1. The smallest absolute Gasteiger partial charge is 0.331 e. The van der Waals surface area contributed by atoms with E-state index in [0.29, 0.717) is 5.56 Å². The number of rotatable bonds is 5. The largest absolute Gasteiger partial charge is 0.454 e. The molecule has 0 unspecified atom stereocenters. The number of hydrogen-bond donors (Lipinski definition) is 0. The predicted molar refractivity (Wildman–Crippen MR) is 91.4 cm³/mol. The Kier molecular flexibility index (Phi) is 5.47. The Bertz CT molecular complexity index is 740. The highest BCUT2D eigenvalue weighted by molar-refractivity contribution is 6.00. The molecule has 0 aromatic heterocycles. The average molecular weight is 308 g/mol. The van der Waals surface area contributed by atoms with E-state index in [1.165, 1.54) is 6.08 Å². The van der Waals surface area contributed by atoms with E-state index < -0.39 is 5.97 Å². The van der Waals surface area contributed by atoms with Gasteiger partial charge in [0.15, 0.2) is 6.61 Å². The minimum atomic E-state index is -0.524. The second-order valence-electron chi connectivity index (χ2n) is 5.59. The lowest BCUT2D eigenvalue weighted by atomic mass is 10.0. The topological polar surface area (TPSA) is 43.4 Å². The Hall–Kier alpha value is -2.68. The van der Waals surface area contributed by atoms with Crippen LogP contribution in [0.5, 0.6) is 0 Å². The monoisotopic (exact) mass is 308 g/mol. The maximum atomic E-state index is 12.1. The summed E-state index contributed by atoms with van der Waals surface area (Å²) in [5, 5.41) is 0.